The van der Waals surface area contributed by atoms with E-state index in [4.69, 9.17) is 5.73 Å². The van der Waals surface area contributed by atoms with Crippen LogP contribution in [0.25, 0.3) is 0 Å². The Bertz CT molecular complexity index is 229. The van der Waals surface area contributed by atoms with Gasteiger partial charge in [-0.2, -0.15) is 0 Å². The smallest absolute Gasteiger partial charge is 0.220 e. The topological polar surface area (TPSA) is 55.1 Å². The van der Waals surface area contributed by atoms with Gasteiger partial charge in [0.15, 0.2) is 0 Å². The molecular weight excluding hydrogens is 224 g/mol. The quantitative estimate of drug-likeness (QED) is 0.666. The third-order valence-corrected chi connectivity index (χ3v) is 4.11. The highest BCUT2D eigenvalue weighted by molar-refractivity contribution is 5.76. The van der Waals surface area contributed by atoms with Gasteiger partial charge in [-0.1, -0.05) is 34.1 Å². The fraction of sp³-hybridized carbons (Fsp3) is 0.933. The number of nitrogens with two attached hydrogens (primary N) is 1. The van der Waals surface area contributed by atoms with Crippen LogP contribution in [0.3, 0.4) is 0 Å². The molecule has 18 heavy (non-hydrogen) atoms. The lowest BCUT2D eigenvalue weighted by molar-refractivity contribution is -0.122. The molecule has 3 unspecified atom stereocenters. The van der Waals surface area contributed by atoms with Crippen molar-refractivity contribution < 1.29 is 4.79 Å². The summed E-state index contributed by atoms with van der Waals surface area (Å²) in [5.41, 5.74) is 5.61. The Kier molecular flexibility index (Phi) is 9.08. The second kappa shape index (κ2) is 9.37. The van der Waals surface area contributed by atoms with E-state index < -0.39 is 0 Å². The molecule has 0 rings (SSSR count). The second-order valence-electron chi connectivity index (χ2n) is 5.86. The third-order valence-electron chi connectivity index (χ3n) is 4.11. The van der Waals surface area contributed by atoms with E-state index in [0.717, 1.165) is 19.3 Å². The van der Waals surface area contributed by atoms with E-state index in [0.29, 0.717) is 30.7 Å². The molecule has 0 radical (unpaired) electrons. The summed E-state index contributed by atoms with van der Waals surface area (Å²) >= 11 is 0. The zero-order chi connectivity index (χ0) is 14.1. The number of carbonyl (C=O) groups excluding carboxylic acids is 1. The fourth-order valence-electron chi connectivity index (χ4n) is 2.16. The lowest BCUT2D eigenvalue weighted by atomic mass is 9.88. The molecule has 1 amide bonds. The summed E-state index contributed by atoms with van der Waals surface area (Å²) in [6.07, 6.45) is 3.70. The molecule has 0 aliphatic heterocycles. The van der Waals surface area contributed by atoms with E-state index in [1.165, 1.54) is 0 Å². The Morgan fingerprint density at radius 1 is 1.17 bits per heavy atom. The van der Waals surface area contributed by atoms with Crippen LogP contribution in [0.2, 0.25) is 0 Å². The molecule has 0 spiro atoms. The van der Waals surface area contributed by atoms with Crippen LogP contribution in [0, 0.1) is 17.8 Å². The molecule has 0 saturated carbocycles. The predicted molar refractivity (Wildman–Crippen MR) is 78.3 cm³/mol. The Labute approximate surface area is 113 Å². The number of carbonyl (C=O) groups is 1. The molecule has 0 fully saturated rings. The summed E-state index contributed by atoms with van der Waals surface area (Å²) < 4.78 is 0. The van der Waals surface area contributed by atoms with Crippen LogP contribution >= 0.6 is 0 Å². The zero-order valence-corrected chi connectivity index (χ0v) is 12.8. The van der Waals surface area contributed by atoms with Crippen molar-refractivity contribution in [2.24, 2.45) is 23.5 Å². The highest BCUT2D eigenvalue weighted by Crippen LogP contribution is 2.20. The van der Waals surface area contributed by atoms with Gasteiger partial charge in [-0.3, -0.25) is 4.79 Å². The number of hydrogen-bond acceptors (Lipinski definition) is 2. The molecular formula is C15H32N2O. The van der Waals surface area contributed by atoms with Crippen molar-refractivity contribution in [1.82, 2.24) is 5.32 Å². The molecule has 0 heterocycles. The van der Waals surface area contributed by atoms with Crippen molar-refractivity contribution >= 4 is 5.91 Å². The van der Waals surface area contributed by atoms with Crippen LogP contribution in [0.15, 0.2) is 0 Å². The van der Waals surface area contributed by atoms with Crippen molar-refractivity contribution in [2.75, 3.05) is 6.54 Å². The predicted octanol–water partition coefficient (Wildman–Crippen LogP) is 2.94. The zero-order valence-electron chi connectivity index (χ0n) is 12.8. The fourth-order valence-corrected chi connectivity index (χ4v) is 2.16. The van der Waals surface area contributed by atoms with Gasteiger partial charge in [0.05, 0.1) is 0 Å². The van der Waals surface area contributed by atoms with Crippen molar-refractivity contribution in [3.63, 3.8) is 0 Å². The van der Waals surface area contributed by atoms with E-state index in [2.05, 4.69) is 39.9 Å². The molecule has 0 bridgehead atoms. The van der Waals surface area contributed by atoms with E-state index in [-0.39, 0.29) is 11.9 Å². The van der Waals surface area contributed by atoms with Gasteiger partial charge in [0.1, 0.15) is 0 Å². The van der Waals surface area contributed by atoms with Crippen LogP contribution in [0.1, 0.15) is 60.3 Å². The van der Waals surface area contributed by atoms with E-state index in [1.807, 2.05) is 0 Å². The standard InChI is InChI=1S/C15H32N2O/c1-6-12(4)13(5)17-15(18)8-7-14(9-10-16)11(2)3/h11-14H,6-10,16H2,1-5H3,(H,17,18). The Morgan fingerprint density at radius 3 is 2.22 bits per heavy atom. The van der Waals surface area contributed by atoms with Gasteiger partial charge in [-0.15, -0.1) is 0 Å². The largest absolute Gasteiger partial charge is 0.353 e. The van der Waals surface area contributed by atoms with Crippen LogP contribution < -0.4 is 11.1 Å². The van der Waals surface area contributed by atoms with Crippen molar-refractivity contribution in [1.29, 1.82) is 0 Å². The lowest BCUT2D eigenvalue weighted by Gasteiger charge is -2.22. The first-order chi connectivity index (χ1) is 8.42. The van der Waals surface area contributed by atoms with E-state index in [1.54, 1.807) is 0 Å². The molecule has 0 saturated heterocycles. The maximum Gasteiger partial charge on any atom is 0.220 e. The summed E-state index contributed by atoms with van der Waals surface area (Å²) in [6, 6.07) is 0.273. The molecule has 0 aliphatic rings. The highest BCUT2D eigenvalue weighted by atomic mass is 16.1. The average molecular weight is 256 g/mol. The molecule has 0 aromatic carbocycles. The van der Waals surface area contributed by atoms with Gasteiger partial charge in [-0.25, -0.2) is 0 Å². The Hall–Kier alpha value is -0.570. The first kappa shape index (κ1) is 17.4. The Balaban J connectivity index is 4.01. The van der Waals surface area contributed by atoms with Gasteiger partial charge < -0.3 is 11.1 Å². The summed E-state index contributed by atoms with van der Waals surface area (Å²) in [4.78, 5) is 11.9. The monoisotopic (exact) mass is 256 g/mol. The van der Waals surface area contributed by atoms with Gasteiger partial charge in [0.2, 0.25) is 5.91 Å². The summed E-state index contributed by atoms with van der Waals surface area (Å²) in [5, 5.41) is 3.10. The lowest BCUT2D eigenvalue weighted by Crippen LogP contribution is -2.37. The SMILES string of the molecule is CCC(C)C(C)NC(=O)CCC(CCN)C(C)C. The Morgan fingerprint density at radius 2 is 1.78 bits per heavy atom. The van der Waals surface area contributed by atoms with E-state index >= 15 is 0 Å². The first-order valence-electron chi connectivity index (χ1n) is 7.41. The number of amides is 1. The van der Waals surface area contributed by atoms with Crippen LogP contribution in [-0.4, -0.2) is 18.5 Å². The minimum Gasteiger partial charge on any atom is -0.353 e. The van der Waals surface area contributed by atoms with Gasteiger partial charge >= 0.3 is 0 Å². The molecule has 3 nitrogen and oxygen atoms in total. The van der Waals surface area contributed by atoms with Gasteiger partial charge in [-0.05, 0) is 44.1 Å². The van der Waals surface area contributed by atoms with Crippen LogP contribution in [0.4, 0.5) is 0 Å². The number of rotatable bonds is 9. The van der Waals surface area contributed by atoms with E-state index in [9.17, 15) is 4.79 Å². The van der Waals surface area contributed by atoms with Gasteiger partial charge in [0.25, 0.3) is 0 Å². The summed E-state index contributed by atoms with van der Waals surface area (Å²) in [6.45, 7) is 11.6. The van der Waals surface area contributed by atoms with Crippen molar-refractivity contribution in [3.05, 3.63) is 0 Å². The number of hydrogen-bond donors (Lipinski definition) is 2. The van der Waals surface area contributed by atoms with Crippen molar-refractivity contribution in [3.8, 4) is 0 Å². The highest BCUT2D eigenvalue weighted by Gasteiger charge is 2.16. The molecule has 0 aromatic rings. The van der Waals surface area contributed by atoms with Crippen LogP contribution in [-0.2, 0) is 4.79 Å². The molecule has 3 heteroatoms. The maximum absolute atomic E-state index is 11.9. The van der Waals surface area contributed by atoms with Gasteiger partial charge in [0, 0.05) is 12.5 Å². The molecule has 0 aromatic heterocycles. The first-order valence-corrected chi connectivity index (χ1v) is 7.41. The van der Waals surface area contributed by atoms with Crippen molar-refractivity contribution in [2.45, 2.75) is 66.3 Å². The number of nitrogens with one attached hydrogen (secondary N) is 1. The normalized spacial score (nSPS) is 16.4. The third kappa shape index (κ3) is 7.00. The molecule has 3 atom stereocenters. The maximum atomic E-state index is 11.9. The molecule has 3 N–H and O–H groups in total. The minimum atomic E-state index is 0.186. The summed E-state index contributed by atoms with van der Waals surface area (Å²) in [7, 11) is 0. The molecule has 108 valence electrons. The minimum absolute atomic E-state index is 0.186. The second-order valence-corrected chi connectivity index (χ2v) is 5.86. The summed E-state index contributed by atoms with van der Waals surface area (Å²) in [5.74, 6) is 1.90. The van der Waals surface area contributed by atoms with Crippen LogP contribution in [0.5, 0.6) is 0 Å². The molecule has 0 aliphatic carbocycles. The average Bonchev–Trinajstić information content (AvgIpc) is 2.32.